The number of carbonyl (C=O) groups is 1. The summed E-state index contributed by atoms with van der Waals surface area (Å²) in [6, 6.07) is 5.45. The Balaban J connectivity index is 2.52. The lowest BCUT2D eigenvalue weighted by molar-refractivity contribution is 0.0956. The van der Waals surface area contributed by atoms with E-state index < -0.39 is 10.8 Å². The van der Waals surface area contributed by atoms with E-state index >= 15 is 0 Å². The Labute approximate surface area is 113 Å². The van der Waals surface area contributed by atoms with Crippen molar-refractivity contribution in [2.75, 3.05) is 18.1 Å². The summed E-state index contributed by atoms with van der Waals surface area (Å²) in [7, 11) is -0.830. The molecule has 5 heteroatoms. The third-order valence-electron chi connectivity index (χ3n) is 2.36. The predicted molar refractivity (Wildman–Crippen MR) is 74.8 cm³/mol. The van der Waals surface area contributed by atoms with E-state index in [4.69, 9.17) is 0 Å². The second kappa shape index (κ2) is 6.91. The van der Waals surface area contributed by atoms with Crippen LogP contribution in [-0.2, 0) is 10.8 Å². The van der Waals surface area contributed by atoms with Gasteiger partial charge in [-0.1, -0.05) is 22.9 Å². The molecule has 1 rings (SSSR count). The second-order valence-corrected chi connectivity index (χ2v) is 6.37. The zero-order chi connectivity index (χ0) is 12.8. The van der Waals surface area contributed by atoms with E-state index in [9.17, 15) is 9.00 Å². The normalized spacial score (nSPS) is 12.2. The van der Waals surface area contributed by atoms with Crippen LogP contribution in [0.2, 0.25) is 0 Å². The van der Waals surface area contributed by atoms with Gasteiger partial charge in [-0.15, -0.1) is 0 Å². The van der Waals surface area contributed by atoms with Crippen molar-refractivity contribution in [3.8, 4) is 0 Å². The standard InChI is InChI=1S/C12H16BrNO2S/c1-3-17(16)7-6-14-12(15)10-4-5-11(13)9(2)8-10/h4-5,8H,3,6-7H2,1-2H3,(H,14,15). The van der Waals surface area contributed by atoms with Gasteiger partial charge >= 0.3 is 0 Å². The van der Waals surface area contributed by atoms with Gasteiger partial charge in [0.25, 0.3) is 5.91 Å². The number of nitrogens with one attached hydrogen (secondary N) is 1. The van der Waals surface area contributed by atoms with Gasteiger partial charge in [0.05, 0.1) is 0 Å². The van der Waals surface area contributed by atoms with E-state index in [1.807, 2.05) is 26.0 Å². The van der Waals surface area contributed by atoms with Crippen molar-refractivity contribution in [1.82, 2.24) is 5.32 Å². The summed E-state index contributed by atoms with van der Waals surface area (Å²) >= 11 is 3.39. The molecule has 0 aliphatic heterocycles. The molecule has 1 unspecified atom stereocenters. The minimum atomic E-state index is -0.830. The zero-order valence-electron chi connectivity index (χ0n) is 9.96. The molecule has 1 aromatic rings. The molecule has 0 saturated heterocycles. The van der Waals surface area contributed by atoms with Gasteiger partial charge in [-0.05, 0) is 30.7 Å². The Kier molecular flexibility index (Phi) is 5.85. The third-order valence-corrected chi connectivity index (χ3v) is 4.55. The summed E-state index contributed by atoms with van der Waals surface area (Å²) in [4.78, 5) is 11.8. The fraction of sp³-hybridized carbons (Fsp3) is 0.417. The first-order valence-corrected chi connectivity index (χ1v) is 7.72. The van der Waals surface area contributed by atoms with Crippen LogP contribution in [0.25, 0.3) is 0 Å². The van der Waals surface area contributed by atoms with Crippen LogP contribution in [0, 0.1) is 6.92 Å². The number of aryl methyl sites for hydroxylation is 1. The SMILES string of the molecule is CCS(=O)CCNC(=O)c1ccc(Br)c(C)c1. The highest BCUT2D eigenvalue weighted by Crippen LogP contribution is 2.16. The quantitative estimate of drug-likeness (QED) is 0.905. The lowest BCUT2D eigenvalue weighted by Gasteiger charge is -2.06. The first kappa shape index (κ1) is 14.4. The minimum absolute atomic E-state index is 0.117. The van der Waals surface area contributed by atoms with Gasteiger partial charge in [0.2, 0.25) is 0 Å². The van der Waals surface area contributed by atoms with Crippen LogP contribution in [-0.4, -0.2) is 28.2 Å². The van der Waals surface area contributed by atoms with Gasteiger partial charge < -0.3 is 5.32 Å². The molecule has 94 valence electrons. The molecule has 0 heterocycles. The maximum absolute atomic E-state index is 11.8. The first-order chi connectivity index (χ1) is 8.04. The van der Waals surface area contributed by atoms with Crippen LogP contribution >= 0.6 is 15.9 Å². The van der Waals surface area contributed by atoms with Crippen molar-refractivity contribution < 1.29 is 9.00 Å². The summed E-state index contributed by atoms with van der Waals surface area (Å²) in [6.07, 6.45) is 0. The Bertz CT molecular complexity index is 435. The van der Waals surface area contributed by atoms with Gasteiger partial charge in [-0.3, -0.25) is 9.00 Å². The molecule has 1 atom stereocenters. The first-order valence-electron chi connectivity index (χ1n) is 5.44. The van der Waals surface area contributed by atoms with Crippen molar-refractivity contribution in [3.63, 3.8) is 0 Å². The number of hydrogen-bond donors (Lipinski definition) is 1. The van der Waals surface area contributed by atoms with Crippen molar-refractivity contribution in [3.05, 3.63) is 33.8 Å². The molecule has 1 N–H and O–H groups in total. The lowest BCUT2D eigenvalue weighted by Crippen LogP contribution is -2.28. The molecular formula is C12H16BrNO2S. The predicted octanol–water partition coefficient (Wildman–Crippen LogP) is 2.26. The highest BCUT2D eigenvalue weighted by atomic mass is 79.9. The van der Waals surface area contributed by atoms with Crippen LogP contribution in [0.15, 0.2) is 22.7 Å². The highest BCUT2D eigenvalue weighted by molar-refractivity contribution is 9.10. The van der Waals surface area contributed by atoms with E-state index in [2.05, 4.69) is 21.2 Å². The van der Waals surface area contributed by atoms with Crippen LogP contribution in [0.3, 0.4) is 0 Å². The molecule has 0 aromatic heterocycles. The average molecular weight is 318 g/mol. The number of hydrogen-bond acceptors (Lipinski definition) is 2. The Hall–Kier alpha value is -0.680. The number of carbonyl (C=O) groups excluding carboxylic acids is 1. The third kappa shape index (κ3) is 4.60. The Morgan fingerprint density at radius 3 is 2.76 bits per heavy atom. The van der Waals surface area contributed by atoms with Gasteiger partial charge in [-0.25, -0.2) is 0 Å². The summed E-state index contributed by atoms with van der Waals surface area (Å²) in [5.41, 5.74) is 1.66. The van der Waals surface area contributed by atoms with Crippen molar-refractivity contribution in [2.45, 2.75) is 13.8 Å². The maximum atomic E-state index is 11.8. The van der Waals surface area contributed by atoms with Gasteiger partial charge in [-0.2, -0.15) is 0 Å². The van der Waals surface area contributed by atoms with E-state index in [-0.39, 0.29) is 5.91 Å². The number of halogens is 1. The minimum Gasteiger partial charge on any atom is -0.351 e. The fourth-order valence-electron chi connectivity index (χ4n) is 1.31. The van der Waals surface area contributed by atoms with Crippen molar-refractivity contribution in [1.29, 1.82) is 0 Å². The molecule has 0 fully saturated rings. The van der Waals surface area contributed by atoms with Crippen LogP contribution < -0.4 is 5.32 Å². The number of rotatable bonds is 5. The van der Waals surface area contributed by atoms with Crippen LogP contribution in [0.4, 0.5) is 0 Å². The Morgan fingerprint density at radius 2 is 2.18 bits per heavy atom. The van der Waals surface area contributed by atoms with E-state index in [1.54, 1.807) is 6.07 Å². The molecule has 0 aliphatic carbocycles. The van der Waals surface area contributed by atoms with Crippen molar-refractivity contribution >= 4 is 32.6 Å². The number of amides is 1. The van der Waals surface area contributed by atoms with E-state index in [1.165, 1.54) is 0 Å². The number of benzene rings is 1. The zero-order valence-corrected chi connectivity index (χ0v) is 12.4. The summed E-state index contributed by atoms with van der Waals surface area (Å²) in [5.74, 6) is 1.03. The topological polar surface area (TPSA) is 46.2 Å². The molecule has 1 amide bonds. The van der Waals surface area contributed by atoms with Gasteiger partial charge in [0.1, 0.15) is 0 Å². The molecule has 0 radical (unpaired) electrons. The molecule has 3 nitrogen and oxygen atoms in total. The summed E-state index contributed by atoms with van der Waals surface area (Å²) in [5, 5.41) is 2.76. The van der Waals surface area contributed by atoms with E-state index in [0.717, 1.165) is 10.0 Å². The van der Waals surface area contributed by atoms with Crippen molar-refractivity contribution in [2.24, 2.45) is 0 Å². The molecule has 0 bridgehead atoms. The molecule has 1 aromatic carbocycles. The lowest BCUT2D eigenvalue weighted by atomic mass is 10.1. The Morgan fingerprint density at radius 1 is 1.47 bits per heavy atom. The molecular weight excluding hydrogens is 302 g/mol. The molecule has 0 aliphatic rings. The smallest absolute Gasteiger partial charge is 0.251 e. The van der Waals surface area contributed by atoms with E-state index in [0.29, 0.717) is 23.6 Å². The van der Waals surface area contributed by atoms with Gasteiger partial charge in [0.15, 0.2) is 0 Å². The average Bonchev–Trinajstić information content (AvgIpc) is 2.32. The van der Waals surface area contributed by atoms with Gasteiger partial charge in [0, 0.05) is 38.9 Å². The monoisotopic (exact) mass is 317 g/mol. The summed E-state index contributed by atoms with van der Waals surface area (Å²) in [6.45, 7) is 4.26. The molecule has 0 spiro atoms. The molecule has 0 saturated carbocycles. The second-order valence-electron chi connectivity index (χ2n) is 3.65. The largest absolute Gasteiger partial charge is 0.351 e. The van der Waals surface area contributed by atoms with Crippen LogP contribution in [0.1, 0.15) is 22.8 Å². The van der Waals surface area contributed by atoms with Crippen LogP contribution in [0.5, 0.6) is 0 Å². The fourth-order valence-corrected chi connectivity index (χ4v) is 2.18. The maximum Gasteiger partial charge on any atom is 0.251 e. The highest BCUT2D eigenvalue weighted by Gasteiger charge is 2.06. The summed E-state index contributed by atoms with van der Waals surface area (Å²) < 4.78 is 12.2. The molecule has 17 heavy (non-hydrogen) atoms.